The van der Waals surface area contributed by atoms with E-state index >= 15 is 0 Å². The second-order valence-electron chi connectivity index (χ2n) is 4.60. The highest BCUT2D eigenvalue weighted by molar-refractivity contribution is 7.18. The van der Waals surface area contributed by atoms with E-state index in [0.29, 0.717) is 36.3 Å². The Kier molecular flexibility index (Phi) is 3.85. The van der Waals surface area contributed by atoms with Gasteiger partial charge in [-0.3, -0.25) is 4.79 Å². The number of anilines is 1. The van der Waals surface area contributed by atoms with Gasteiger partial charge in [-0.05, 0) is 6.07 Å². The molecule has 21 heavy (non-hydrogen) atoms. The number of ether oxygens (including phenoxy) is 2. The van der Waals surface area contributed by atoms with E-state index in [1.807, 2.05) is 0 Å². The molecule has 1 fully saturated rings. The number of pyridine rings is 1. The fraction of sp³-hybridized carbons (Fsp3) is 0.357. The molecule has 2 aromatic heterocycles. The molecule has 3 heterocycles. The van der Waals surface area contributed by atoms with E-state index in [1.54, 1.807) is 11.4 Å². The Hall–Kier alpha value is -1.99. The fourth-order valence-corrected chi connectivity index (χ4v) is 3.39. The van der Waals surface area contributed by atoms with Crippen molar-refractivity contribution in [3.8, 4) is 0 Å². The number of esters is 1. The summed E-state index contributed by atoms with van der Waals surface area (Å²) in [5, 5.41) is 1.72. The van der Waals surface area contributed by atoms with Crippen molar-refractivity contribution in [3.63, 3.8) is 0 Å². The molecular weight excluding hydrogens is 292 g/mol. The fourth-order valence-electron chi connectivity index (χ4n) is 2.37. The summed E-state index contributed by atoms with van der Waals surface area (Å²) in [5.41, 5.74) is 2.16. The molecule has 2 aromatic rings. The topological polar surface area (TPSA) is 68.7 Å². The van der Waals surface area contributed by atoms with E-state index in [4.69, 9.17) is 9.47 Å². The average Bonchev–Trinajstić information content (AvgIpc) is 2.97. The van der Waals surface area contributed by atoms with Crippen LogP contribution in [0.4, 0.5) is 5.69 Å². The molecule has 1 saturated heterocycles. The Morgan fingerprint density at radius 3 is 2.90 bits per heavy atom. The van der Waals surface area contributed by atoms with Crippen LogP contribution >= 0.6 is 11.3 Å². The van der Waals surface area contributed by atoms with Crippen molar-refractivity contribution < 1.29 is 19.1 Å². The zero-order valence-electron chi connectivity index (χ0n) is 11.5. The molecule has 0 aromatic carbocycles. The Morgan fingerprint density at radius 1 is 1.48 bits per heavy atom. The van der Waals surface area contributed by atoms with Crippen molar-refractivity contribution >= 4 is 39.5 Å². The number of hydrogen-bond acceptors (Lipinski definition) is 7. The van der Waals surface area contributed by atoms with Crippen LogP contribution in [-0.4, -0.2) is 50.7 Å². The predicted octanol–water partition coefficient (Wildman–Crippen LogP) is 1.73. The van der Waals surface area contributed by atoms with Gasteiger partial charge in [0.25, 0.3) is 0 Å². The lowest BCUT2D eigenvalue weighted by Gasteiger charge is -2.29. The number of hydrogen-bond donors (Lipinski definition) is 0. The SMILES string of the molecule is COC(=O)c1csc2c(N3CCOCC3)cc(C=O)nc12. The first-order chi connectivity index (χ1) is 10.2. The largest absolute Gasteiger partial charge is 0.465 e. The third-order valence-electron chi connectivity index (χ3n) is 3.40. The molecule has 0 saturated carbocycles. The Morgan fingerprint density at radius 2 is 2.24 bits per heavy atom. The van der Waals surface area contributed by atoms with Gasteiger partial charge in [-0.1, -0.05) is 0 Å². The van der Waals surface area contributed by atoms with Gasteiger partial charge in [0.1, 0.15) is 5.69 Å². The number of aromatic nitrogens is 1. The summed E-state index contributed by atoms with van der Waals surface area (Å²) in [6, 6.07) is 1.76. The van der Waals surface area contributed by atoms with Gasteiger partial charge in [-0.25, -0.2) is 9.78 Å². The van der Waals surface area contributed by atoms with E-state index in [9.17, 15) is 9.59 Å². The van der Waals surface area contributed by atoms with E-state index in [0.717, 1.165) is 23.5 Å². The van der Waals surface area contributed by atoms with E-state index < -0.39 is 5.97 Å². The quantitative estimate of drug-likeness (QED) is 0.635. The van der Waals surface area contributed by atoms with Crippen LogP contribution in [0.1, 0.15) is 20.8 Å². The van der Waals surface area contributed by atoms with E-state index in [-0.39, 0.29) is 0 Å². The maximum absolute atomic E-state index is 11.8. The zero-order chi connectivity index (χ0) is 14.8. The van der Waals surface area contributed by atoms with Crippen molar-refractivity contribution in [2.24, 2.45) is 0 Å². The molecule has 0 radical (unpaired) electrons. The van der Waals surface area contributed by atoms with Gasteiger partial charge in [0.15, 0.2) is 6.29 Å². The number of methoxy groups -OCH3 is 1. The number of nitrogens with zero attached hydrogens (tertiary/aromatic N) is 2. The lowest BCUT2D eigenvalue weighted by atomic mass is 10.2. The number of carbonyl (C=O) groups is 2. The molecule has 0 unspecified atom stereocenters. The van der Waals surface area contributed by atoms with Crippen molar-refractivity contribution in [1.29, 1.82) is 0 Å². The first kappa shape index (κ1) is 14.0. The van der Waals surface area contributed by atoms with E-state index in [1.165, 1.54) is 18.4 Å². The molecule has 0 bridgehead atoms. The molecule has 6 nitrogen and oxygen atoms in total. The molecule has 0 amide bonds. The van der Waals surface area contributed by atoms with Crippen molar-refractivity contribution in [2.75, 3.05) is 38.3 Å². The van der Waals surface area contributed by atoms with Crippen LogP contribution in [0.25, 0.3) is 10.2 Å². The van der Waals surface area contributed by atoms with Gasteiger partial charge in [0.05, 0.1) is 41.8 Å². The highest BCUT2D eigenvalue weighted by atomic mass is 32.1. The zero-order valence-corrected chi connectivity index (χ0v) is 12.3. The number of fused-ring (bicyclic) bond motifs is 1. The molecule has 110 valence electrons. The third-order valence-corrected chi connectivity index (χ3v) is 4.39. The molecule has 1 aliphatic heterocycles. The summed E-state index contributed by atoms with van der Waals surface area (Å²) in [6.45, 7) is 2.80. The first-order valence-electron chi connectivity index (χ1n) is 6.53. The van der Waals surface area contributed by atoms with Crippen LogP contribution in [0.5, 0.6) is 0 Å². The summed E-state index contributed by atoms with van der Waals surface area (Å²) in [6.07, 6.45) is 0.697. The van der Waals surface area contributed by atoms with Crippen LogP contribution < -0.4 is 4.90 Å². The Labute approximate surface area is 125 Å². The smallest absolute Gasteiger partial charge is 0.340 e. The van der Waals surface area contributed by atoms with Gasteiger partial charge in [0.2, 0.25) is 0 Å². The predicted molar refractivity (Wildman–Crippen MR) is 79.4 cm³/mol. The second-order valence-corrected chi connectivity index (χ2v) is 5.48. The molecule has 0 spiro atoms. The molecule has 7 heteroatoms. The monoisotopic (exact) mass is 306 g/mol. The molecule has 1 aliphatic rings. The lowest BCUT2D eigenvalue weighted by Crippen LogP contribution is -2.36. The minimum absolute atomic E-state index is 0.313. The molecule has 0 aliphatic carbocycles. The maximum Gasteiger partial charge on any atom is 0.340 e. The van der Waals surface area contributed by atoms with Crippen LogP contribution in [0.15, 0.2) is 11.4 Å². The third kappa shape index (κ3) is 2.50. The van der Waals surface area contributed by atoms with Crippen LogP contribution in [-0.2, 0) is 9.47 Å². The van der Waals surface area contributed by atoms with Crippen molar-refractivity contribution in [1.82, 2.24) is 4.98 Å². The van der Waals surface area contributed by atoms with Crippen LogP contribution in [0, 0.1) is 0 Å². The molecule has 0 N–H and O–H groups in total. The highest BCUT2D eigenvalue weighted by Gasteiger charge is 2.21. The molecule has 3 rings (SSSR count). The summed E-state index contributed by atoms with van der Waals surface area (Å²) in [7, 11) is 1.33. The summed E-state index contributed by atoms with van der Waals surface area (Å²) in [4.78, 5) is 29.4. The summed E-state index contributed by atoms with van der Waals surface area (Å²) in [5.74, 6) is -0.440. The van der Waals surface area contributed by atoms with Crippen LogP contribution in [0.3, 0.4) is 0 Å². The minimum atomic E-state index is -0.440. The minimum Gasteiger partial charge on any atom is -0.465 e. The average molecular weight is 306 g/mol. The van der Waals surface area contributed by atoms with Gasteiger partial charge in [-0.2, -0.15) is 0 Å². The summed E-state index contributed by atoms with van der Waals surface area (Å²) >= 11 is 1.44. The number of thiophene rings is 1. The molecule has 0 atom stereocenters. The number of carbonyl (C=O) groups excluding carboxylic acids is 2. The summed E-state index contributed by atoms with van der Waals surface area (Å²) < 4.78 is 11.0. The number of aldehydes is 1. The lowest BCUT2D eigenvalue weighted by molar-refractivity contribution is 0.0603. The maximum atomic E-state index is 11.8. The second kappa shape index (κ2) is 5.79. The normalized spacial score (nSPS) is 15.2. The van der Waals surface area contributed by atoms with Crippen molar-refractivity contribution in [3.05, 3.63) is 22.7 Å². The van der Waals surface area contributed by atoms with Gasteiger partial charge < -0.3 is 14.4 Å². The number of rotatable bonds is 3. The molecular formula is C14H14N2O4S. The Balaban J connectivity index is 2.16. The van der Waals surface area contributed by atoms with E-state index in [2.05, 4.69) is 9.88 Å². The first-order valence-corrected chi connectivity index (χ1v) is 7.41. The standard InChI is InChI=1S/C14H14N2O4S/c1-19-14(18)10-8-21-13-11(16-2-4-20-5-3-16)6-9(7-17)15-12(10)13/h6-8H,2-5H2,1H3. The Bertz CT molecular complexity index is 692. The number of morpholine rings is 1. The van der Waals surface area contributed by atoms with Gasteiger partial charge in [-0.15, -0.1) is 11.3 Å². The van der Waals surface area contributed by atoms with Crippen molar-refractivity contribution in [2.45, 2.75) is 0 Å². The van der Waals surface area contributed by atoms with Gasteiger partial charge >= 0.3 is 5.97 Å². The van der Waals surface area contributed by atoms with Crippen LogP contribution in [0.2, 0.25) is 0 Å². The highest BCUT2D eigenvalue weighted by Crippen LogP contribution is 2.34. The van der Waals surface area contributed by atoms with Gasteiger partial charge in [0, 0.05) is 18.5 Å².